The highest BCUT2D eigenvalue weighted by atomic mass is 16.3. The first-order valence-corrected chi connectivity index (χ1v) is 8.98. The van der Waals surface area contributed by atoms with E-state index in [4.69, 9.17) is 0 Å². The molecule has 0 aliphatic carbocycles. The summed E-state index contributed by atoms with van der Waals surface area (Å²) in [6.45, 7) is 4.53. The molecule has 0 spiro atoms. The third-order valence-corrected chi connectivity index (χ3v) is 5.22. The van der Waals surface area contributed by atoms with E-state index < -0.39 is 5.41 Å². The maximum atomic E-state index is 9.86. The van der Waals surface area contributed by atoms with E-state index in [1.54, 1.807) is 16.9 Å². The predicted octanol–water partition coefficient (Wildman–Crippen LogP) is 2.48. The number of aryl methyl sites for hydroxylation is 2. The standard InChI is InChI=1S/C20H21N7O/c1-12-6-17(26-27(12)3)25-19-22-5-4-16(24-19)13-7-14(9-21)18-15(8-13)20(2,11-28)10-23-18/h4-8,23,28H,10-11H2,1-3H3,(H,22,24,25,26). The number of anilines is 3. The van der Waals surface area contributed by atoms with Crippen LogP contribution in [0.4, 0.5) is 17.5 Å². The largest absolute Gasteiger partial charge is 0.395 e. The van der Waals surface area contributed by atoms with Gasteiger partial charge in [0.25, 0.3) is 0 Å². The van der Waals surface area contributed by atoms with Crippen molar-refractivity contribution in [1.29, 1.82) is 5.26 Å². The number of aromatic nitrogens is 4. The zero-order chi connectivity index (χ0) is 19.9. The van der Waals surface area contributed by atoms with Crippen molar-refractivity contribution in [3.63, 3.8) is 0 Å². The average Bonchev–Trinajstić information content (AvgIpc) is 3.20. The molecule has 1 unspecified atom stereocenters. The van der Waals surface area contributed by atoms with Gasteiger partial charge in [0.2, 0.25) is 5.95 Å². The normalized spacial score (nSPS) is 17.7. The zero-order valence-corrected chi connectivity index (χ0v) is 16.0. The Morgan fingerprint density at radius 2 is 2.21 bits per heavy atom. The molecule has 0 radical (unpaired) electrons. The molecule has 2 aromatic heterocycles. The van der Waals surface area contributed by atoms with E-state index in [1.165, 1.54) is 0 Å². The summed E-state index contributed by atoms with van der Waals surface area (Å²) in [6.07, 6.45) is 1.67. The molecule has 1 aromatic carbocycles. The van der Waals surface area contributed by atoms with E-state index in [1.807, 2.05) is 39.1 Å². The van der Waals surface area contributed by atoms with Crippen molar-refractivity contribution in [2.75, 3.05) is 23.8 Å². The fourth-order valence-corrected chi connectivity index (χ4v) is 3.38. The van der Waals surface area contributed by atoms with Crippen LogP contribution in [0, 0.1) is 18.3 Å². The Morgan fingerprint density at radius 3 is 2.89 bits per heavy atom. The van der Waals surface area contributed by atoms with E-state index >= 15 is 0 Å². The summed E-state index contributed by atoms with van der Waals surface area (Å²) < 4.78 is 1.77. The van der Waals surface area contributed by atoms with E-state index in [9.17, 15) is 10.4 Å². The highest BCUT2D eigenvalue weighted by Crippen LogP contribution is 2.41. The Morgan fingerprint density at radius 1 is 1.39 bits per heavy atom. The summed E-state index contributed by atoms with van der Waals surface area (Å²) >= 11 is 0. The lowest BCUT2D eigenvalue weighted by Crippen LogP contribution is -2.28. The van der Waals surface area contributed by atoms with E-state index in [-0.39, 0.29) is 6.61 Å². The second-order valence-corrected chi connectivity index (χ2v) is 7.32. The Labute approximate surface area is 162 Å². The number of hydrogen-bond donors (Lipinski definition) is 3. The summed E-state index contributed by atoms with van der Waals surface area (Å²) in [7, 11) is 1.87. The van der Waals surface area contributed by atoms with Gasteiger partial charge in [0, 0.05) is 42.5 Å². The van der Waals surface area contributed by atoms with Gasteiger partial charge in [0.1, 0.15) is 6.07 Å². The maximum Gasteiger partial charge on any atom is 0.228 e. The molecule has 1 aliphatic heterocycles. The lowest BCUT2D eigenvalue weighted by atomic mass is 9.83. The van der Waals surface area contributed by atoms with Gasteiger partial charge in [-0.15, -0.1) is 0 Å². The van der Waals surface area contributed by atoms with Crippen molar-refractivity contribution in [2.45, 2.75) is 19.3 Å². The summed E-state index contributed by atoms with van der Waals surface area (Å²) in [5, 5.41) is 30.2. The molecule has 0 bridgehead atoms. The highest BCUT2D eigenvalue weighted by Gasteiger charge is 2.35. The number of fused-ring (bicyclic) bond motifs is 1. The molecular formula is C20H21N7O. The highest BCUT2D eigenvalue weighted by molar-refractivity contribution is 5.76. The second kappa shape index (κ2) is 6.62. The van der Waals surface area contributed by atoms with Gasteiger partial charge in [-0.1, -0.05) is 6.92 Å². The quantitative estimate of drug-likeness (QED) is 0.642. The molecule has 3 aromatic rings. The maximum absolute atomic E-state index is 9.86. The van der Waals surface area contributed by atoms with Crippen molar-refractivity contribution >= 4 is 17.5 Å². The van der Waals surface area contributed by atoms with Crippen LogP contribution in [-0.4, -0.2) is 38.0 Å². The molecule has 0 saturated carbocycles. The number of nitrogens with zero attached hydrogens (tertiary/aromatic N) is 5. The van der Waals surface area contributed by atoms with Crippen LogP contribution in [0.5, 0.6) is 0 Å². The number of aliphatic hydroxyl groups excluding tert-OH is 1. The van der Waals surface area contributed by atoms with Crippen molar-refractivity contribution in [3.8, 4) is 17.3 Å². The molecule has 4 rings (SSSR count). The van der Waals surface area contributed by atoms with Crippen LogP contribution in [0.1, 0.15) is 23.7 Å². The Bertz CT molecular complexity index is 1080. The topological polar surface area (TPSA) is 112 Å². The monoisotopic (exact) mass is 375 g/mol. The SMILES string of the molecule is Cc1cc(Nc2nccc(-c3cc(C#N)c4c(c3)C(C)(CO)CN4)n2)nn1C. The van der Waals surface area contributed by atoms with Gasteiger partial charge >= 0.3 is 0 Å². The molecule has 0 saturated heterocycles. The lowest BCUT2D eigenvalue weighted by molar-refractivity contribution is 0.219. The first kappa shape index (κ1) is 17.9. The predicted molar refractivity (Wildman–Crippen MR) is 106 cm³/mol. The minimum absolute atomic E-state index is 0.00305. The third-order valence-electron chi connectivity index (χ3n) is 5.22. The van der Waals surface area contributed by atoms with E-state index in [0.717, 1.165) is 22.5 Å². The number of nitrogens with one attached hydrogen (secondary N) is 2. The van der Waals surface area contributed by atoms with Gasteiger partial charge in [-0.3, -0.25) is 4.68 Å². The molecule has 8 heteroatoms. The van der Waals surface area contributed by atoms with Crippen molar-refractivity contribution in [2.24, 2.45) is 7.05 Å². The Hall–Kier alpha value is -3.44. The van der Waals surface area contributed by atoms with Crippen molar-refractivity contribution in [3.05, 3.63) is 47.3 Å². The lowest BCUT2D eigenvalue weighted by Gasteiger charge is -2.21. The summed E-state index contributed by atoms with van der Waals surface area (Å²) in [5.74, 6) is 1.10. The summed E-state index contributed by atoms with van der Waals surface area (Å²) in [5.41, 5.74) is 4.34. The van der Waals surface area contributed by atoms with Crippen LogP contribution in [0.2, 0.25) is 0 Å². The molecule has 0 amide bonds. The number of nitriles is 1. The summed E-state index contributed by atoms with van der Waals surface area (Å²) in [6, 6.07) is 9.76. The molecule has 1 atom stereocenters. The fraction of sp³-hybridized carbons (Fsp3) is 0.300. The first-order chi connectivity index (χ1) is 13.4. The van der Waals surface area contributed by atoms with Gasteiger partial charge in [-0.05, 0) is 30.7 Å². The summed E-state index contributed by atoms with van der Waals surface area (Å²) in [4.78, 5) is 8.86. The van der Waals surface area contributed by atoms with Crippen LogP contribution in [0.25, 0.3) is 11.3 Å². The molecule has 28 heavy (non-hydrogen) atoms. The third kappa shape index (κ3) is 2.96. The van der Waals surface area contributed by atoms with Crippen LogP contribution in [0.15, 0.2) is 30.5 Å². The van der Waals surface area contributed by atoms with E-state index in [2.05, 4.69) is 31.8 Å². The zero-order valence-electron chi connectivity index (χ0n) is 16.0. The molecule has 3 heterocycles. The molecule has 1 aliphatic rings. The van der Waals surface area contributed by atoms with Crippen molar-refractivity contribution in [1.82, 2.24) is 19.7 Å². The number of hydrogen-bond acceptors (Lipinski definition) is 7. The molecular weight excluding hydrogens is 354 g/mol. The fourth-order valence-electron chi connectivity index (χ4n) is 3.38. The van der Waals surface area contributed by atoms with Gasteiger partial charge in [0.05, 0.1) is 23.6 Å². The Balaban J connectivity index is 1.74. The Kier molecular flexibility index (Phi) is 4.24. The van der Waals surface area contributed by atoms with E-state index in [0.29, 0.717) is 29.6 Å². The second-order valence-electron chi connectivity index (χ2n) is 7.32. The molecule has 3 N–H and O–H groups in total. The number of rotatable bonds is 4. The average molecular weight is 375 g/mol. The molecule has 8 nitrogen and oxygen atoms in total. The van der Waals surface area contributed by atoms with Gasteiger partial charge in [-0.25, -0.2) is 9.97 Å². The smallest absolute Gasteiger partial charge is 0.228 e. The van der Waals surface area contributed by atoms with Crippen LogP contribution in [0.3, 0.4) is 0 Å². The number of aliphatic hydroxyl groups is 1. The minimum Gasteiger partial charge on any atom is -0.395 e. The molecule has 142 valence electrons. The van der Waals surface area contributed by atoms with Crippen LogP contribution >= 0.6 is 0 Å². The first-order valence-electron chi connectivity index (χ1n) is 8.98. The van der Waals surface area contributed by atoms with Crippen LogP contribution < -0.4 is 10.6 Å². The van der Waals surface area contributed by atoms with Crippen LogP contribution in [-0.2, 0) is 12.5 Å². The van der Waals surface area contributed by atoms with Gasteiger partial charge in [-0.2, -0.15) is 10.4 Å². The molecule has 0 fully saturated rings. The van der Waals surface area contributed by atoms with Crippen molar-refractivity contribution < 1.29 is 5.11 Å². The number of benzene rings is 1. The van der Waals surface area contributed by atoms with Gasteiger partial charge < -0.3 is 15.7 Å². The minimum atomic E-state index is -0.434. The van der Waals surface area contributed by atoms with Gasteiger partial charge in [0.15, 0.2) is 5.82 Å².